The predicted molar refractivity (Wildman–Crippen MR) is 115 cm³/mol. The highest BCUT2D eigenvalue weighted by Crippen LogP contribution is 2.27. The molecule has 0 saturated heterocycles. The zero-order chi connectivity index (χ0) is 21.0. The average Bonchev–Trinajstić information content (AvgIpc) is 2.66. The van der Waals surface area contributed by atoms with Gasteiger partial charge < -0.3 is 14.6 Å². The number of aromatic nitrogens is 1. The topological polar surface area (TPSA) is 60.7 Å². The van der Waals surface area contributed by atoms with E-state index >= 15 is 0 Å². The number of pyridine rings is 1. The fourth-order valence-electron chi connectivity index (χ4n) is 2.52. The van der Waals surface area contributed by atoms with Gasteiger partial charge in [0.15, 0.2) is 0 Å². The van der Waals surface area contributed by atoms with E-state index in [9.17, 15) is 9.90 Å². The molecule has 2 aromatic carbocycles. The normalized spacial score (nSPS) is 11.3. The SMILES string of the molecule is CC(C)(O)COc1ccc(-n2ccc(OCc3ccc(Cl)cc3)cc2=O)cc1Cl. The molecular formula is C22H21Cl2NO4. The zero-order valence-electron chi connectivity index (χ0n) is 16.1. The molecule has 0 aliphatic rings. The molecule has 7 heteroatoms. The van der Waals surface area contributed by atoms with E-state index in [0.29, 0.717) is 33.8 Å². The van der Waals surface area contributed by atoms with E-state index in [1.54, 1.807) is 56.4 Å². The van der Waals surface area contributed by atoms with Crippen LogP contribution in [0.1, 0.15) is 19.4 Å². The van der Waals surface area contributed by atoms with Gasteiger partial charge in [0.25, 0.3) is 5.56 Å². The van der Waals surface area contributed by atoms with Crippen LogP contribution in [0, 0.1) is 0 Å². The van der Waals surface area contributed by atoms with Crippen LogP contribution in [-0.2, 0) is 6.61 Å². The maximum atomic E-state index is 12.5. The second-order valence-corrected chi connectivity index (χ2v) is 8.05. The minimum atomic E-state index is -0.971. The summed E-state index contributed by atoms with van der Waals surface area (Å²) in [5.74, 6) is 0.908. The summed E-state index contributed by atoms with van der Waals surface area (Å²) in [7, 11) is 0. The van der Waals surface area contributed by atoms with Crippen LogP contribution < -0.4 is 15.0 Å². The summed E-state index contributed by atoms with van der Waals surface area (Å²) in [6, 6.07) is 15.5. The zero-order valence-corrected chi connectivity index (χ0v) is 17.6. The van der Waals surface area contributed by atoms with Crippen molar-refractivity contribution in [3.8, 4) is 17.2 Å². The van der Waals surface area contributed by atoms with Gasteiger partial charge in [-0.3, -0.25) is 9.36 Å². The molecule has 0 unspecified atom stereocenters. The fourth-order valence-corrected chi connectivity index (χ4v) is 2.88. The maximum Gasteiger partial charge on any atom is 0.258 e. The first-order valence-corrected chi connectivity index (χ1v) is 9.72. The van der Waals surface area contributed by atoms with Gasteiger partial charge in [0.1, 0.15) is 24.7 Å². The van der Waals surface area contributed by atoms with E-state index in [0.717, 1.165) is 5.56 Å². The minimum Gasteiger partial charge on any atom is -0.489 e. The molecule has 0 spiro atoms. The molecular weight excluding hydrogens is 413 g/mol. The highest BCUT2D eigenvalue weighted by Gasteiger charge is 2.15. The Balaban J connectivity index is 1.72. The summed E-state index contributed by atoms with van der Waals surface area (Å²) in [6.07, 6.45) is 1.63. The average molecular weight is 434 g/mol. The van der Waals surface area contributed by atoms with E-state index in [1.807, 2.05) is 12.1 Å². The van der Waals surface area contributed by atoms with Crippen LogP contribution in [0.4, 0.5) is 0 Å². The smallest absolute Gasteiger partial charge is 0.258 e. The number of hydrogen-bond acceptors (Lipinski definition) is 4. The van der Waals surface area contributed by atoms with E-state index in [-0.39, 0.29) is 12.2 Å². The van der Waals surface area contributed by atoms with E-state index in [1.165, 1.54) is 10.6 Å². The third-order valence-electron chi connectivity index (χ3n) is 3.98. The van der Waals surface area contributed by atoms with Crippen molar-refractivity contribution >= 4 is 23.2 Å². The van der Waals surface area contributed by atoms with Gasteiger partial charge in [-0.05, 0) is 55.8 Å². The molecule has 0 aliphatic carbocycles. The standard InChI is InChI=1S/C22H21Cl2NO4/c1-22(2,27)14-29-20-8-7-17(11-19(20)24)25-10-9-18(12-21(25)26)28-13-15-3-5-16(23)6-4-15/h3-12,27H,13-14H2,1-2H3. The van der Waals surface area contributed by atoms with Crippen molar-refractivity contribution in [1.82, 2.24) is 4.57 Å². The van der Waals surface area contributed by atoms with Crippen molar-refractivity contribution in [3.63, 3.8) is 0 Å². The second-order valence-electron chi connectivity index (χ2n) is 7.20. The van der Waals surface area contributed by atoms with Crippen molar-refractivity contribution in [2.45, 2.75) is 26.1 Å². The van der Waals surface area contributed by atoms with Crippen LogP contribution in [0.5, 0.6) is 11.5 Å². The number of rotatable bonds is 7. The Bertz CT molecular complexity index is 1040. The Hall–Kier alpha value is -2.47. The Kier molecular flexibility index (Phi) is 6.52. The van der Waals surface area contributed by atoms with Gasteiger partial charge in [0.05, 0.1) is 16.3 Å². The van der Waals surface area contributed by atoms with Crippen LogP contribution in [0.3, 0.4) is 0 Å². The Labute approximate surface area is 179 Å². The van der Waals surface area contributed by atoms with E-state index in [4.69, 9.17) is 32.7 Å². The second kappa shape index (κ2) is 8.91. The van der Waals surface area contributed by atoms with Crippen LogP contribution in [0.25, 0.3) is 5.69 Å². The van der Waals surface area contributed by atoms with Gasteiger partial charge in [-0.25, -0.2) is 0 Å². The molecule has 3 rings (SSSR count). The Morgan fingerprint density at radius 3 is 2.34 bits per heavy atom. The molecule has 5 nitrogen and oxygen atoms in total. The number of hydrogen-bond donors (Lipinski definition) is 1. The van der Waals surface area contributed by atoms with Gasteiger partial charge in [0.2, 0.25) is 0 Å². The molecule has 0 radical (unpaired) electrons. The molecule has 152 valence electrons. The number of halogens is 2. The van der Waals surface area contributed by atoms with Crippen LogP contribution >= 0.6 is 23.2 Å². The van der Waals surface area contributed by atoms with Gasteiger partial charge >= 0.3 is 0 Å². The first kappa shape index (κ1) is 21.2. The Morgan fingerprint density at radius 2 is 1.72 bits per heavy atom. The molecule has 1 N–H and O–H groups in total. The minimum absolute atomic E-state index is 0.103. The third-order valence-corrected chi connectivity index (χ3v) is 4.53. The third kappa shape index (κ3) is 6.00. The van der Waals surface area contributed by atoms with Crippen LogP contribution in [0.15, 0.2) is 65.6 Å². The molecule has 3 aromatic rings. The number of nitrogens with zero attached hydrogens (tertiary/aromatic N) is 1. The van der Waals surface area contributed by atoms with Crippen LogP contribution in [-0.4, -0.2) is 21.9 Å². The largest absolute Gasteiger partial charge is 0.489 e. The van der Waals surface area contributed by atoms with Crippen LogP contribution in [0.2, 0.25) is 10.0 Å². The molecule has 0 amide bonds. The highest BCUT2D eigenvalue weighted by molar-refractivity contribution is 6.32. The summed E-state index contributed by atoms with van der Waals surface area (Å²) in [5, 5.41) is 10.8. The van der Waals surface area contributed by atoms with Gasteiger partial charge in [0, 0.05) is 17.3 Å². The molecule has 29 heavy (non-hydrogen) atoms. The molecule has 0 aliphatic heterocycles. The lowest BCUT2D eigenvalue weighted by Crippen LogP contribution is -2.27. The number of aliphatic hydroxyl groups is 1. The summed E-state index contributed by atoms with van der Waals surface area (Å²) < 4.78 is 12.7. The highest BCUT2D eigenvalue weighted by atomic mass is 35.5. The molecule has 0 saturated carbocycles. The van der Waals surface area contributed by atoms with Gasteiger partial charge in [-0.2, -0.15) is 0 Å². The maximum absolute atomic E-state index is 12.5. The number of ether oxygens (including phenoxy) is 2. The molecule has 0 atom stereocenters. The van der Waals surface area contributed by atoms with E-state index < -0.39 is 5.60 Å². The van der Waals surface area contributed by atoms with Gasteiger partial charge in [-0.15, -0.1) is 0 Å². The predicted octanol–water partition coefficient (Wildman–Crippen LogP) is 4.87. The van der Waals surface area contributed by atoms with Crippen molar-refractivity contribution in [3.05, 3.63) is 86.8 Å². The number of benzene rings is 2. The Morgan fingerprint density at radius 1 is 1.00 bits per heavy atom. The summed E-state index contributed by atoms with van der Waals surface area (Å²) in [6.45, 7) is 3.72. The van der Waals surface area contributed by atoms with Crippen molar-refractivity contribution in [1.29, 1.82) is 0 Å². The lowest BCUT2D eigenvalue weighted by molar-refractivity contribution is 0.0285. The lowest BCUT2D eigenvalue weighted by Gasteiger charge is -2.18. The fraction of sp³-hybridized carbons (Fsp3) is 0.227. The van der Waals surface area contributed by atoms with Crippen molar-refractivity contribution in [2.75, 3.05) is 6.61 Å². The molecule has 0 fully saturated rings. The summed E-state index contributed by atoms with van der Waals surface area (Å²) in [4.78, 5) is 12.5. The first-order valence-electron chi connectivity index (χ1n) is 8.96. The molecule has 1 heterocycles. The van der Waals surface area contributed by atoms with E-state index in [2.05, 4.69) is 0 Å². The monoisotopic (exact) mass is 433 g/mol. The quantitative estimate of drug-likeness (QED) is 0.576. The molecule has 0 bridgehead atoms. The van der Waals surface area contributed by atoms with Crippen molar-refractivity contribution in [2.24, 2.45) is 0 Å². The summed E-state index contributed by atoms with van der Waals surface area (Å²) in [5.41, 5.74) is 0.326. The first-order chi connectivity index (χ1) is 13.7. The summed E-state index contributed by atoms with van der Waals surface area (Å²) >= 11 is 12.1. The molecule has 1 aromatic heterocycles. The lowest BCUT2D eigenvalue weighted by atomic mass is 10.2. The van der Waals surface area contributed by atoms with Crippen molar-refractivity contribution < 1.29 is 14.6 Å². The van der Waals surface area contributed by atoms with Gasteiger partial charge in [-0.1, -0.05) is 35.3 Å².